The zero-order chi connectivity index (χ0) is 14.4. The molecule has 1 unspecified atom stereocenters. The summed E-state index contributed by atoms with van der Waals surface area (Å²) >= 11 is 2.29. The van der Waals surface area contributed by atoms with E-state index < -0.39 is 0 Å². The van der Waals surface area contributed by atoms with Gasteiger partial charge in [0.25, 0.3) is 0 Å². The van der Waals surface area contributed by atoms with Crippen molar-refractivity contribution in [2.75, 3.05) is 6.54 Å². The van der Waals surface area contributed by atoms with E-state index in [1.165, 1.54) is 9.13 Å². The molecule has 1 N–H and O–H groups in total. The van der Waals surface area contributed by atoms with Gasteiger partial charge >= 0.3 is 0 Å². The Morgan fingerprint density at radius 3 is 2.45 bits per heavy atom. The summed E-state index contributed by atoms with van der Waals surface area (Å²) in [6.45, 7) is 5.30. The average molecular weight is 381 g/mol. The van der Waals surface area contributed by atoms with Crippen molar-refractivity contribution < 1.29 is 4.74 Å². The maximum atomic E-state index is 5.92. The Hall–Kier alpha value is -1.07. The molecule has 3 heteroatoms. The molecule has 0 heterocycles. The summed E-state index contributed by atoms with van der Waals surface area (Å²) in [7, 11) is 0. The summed E-state index contributed by atoms with van der Waals surface area (Å²) in [5.74, 6) is 1.76. The molecule has 2 nitrogen and oxygen atoms in total. The SMILES string of the molecule is CCNC(CC)c1cccc(Oc2ccc(I)cc2)c1. The molecule has 2 aromatic carbocycles. The lowest BCUT2D eigenvalue weighted by Crippen LogP contribution is -2.19. The second kappa shape index (κ2) is 7.64. The first kappa shape index (κ1) is 15.3. The summed E-state index contributed by atoms with van der Waals surface area (Å²) in [4.78, 5) is 0. The van der Waals surface area contributed by atoms with Crippen molar-refractivity contribution in [2.45, 2.75) is 26.3 Å². The van der Waals surface area contributed by atoms with Crippen molar-refractivity contribution in [3.05, 3.63) is 57.7 Å². The van der Waals surface area contributed by atoms with Gasteiger partial charge in [-0.15, -0.1) is 0 Å². The van der Waals surface area contributed by atoms with Crippen LogP contribution >= 0.6 is 22.6 Å². The predicted octanol–water partition coefficient (Wildman–Crippen LogP) is 5.14. The molecule has 0 fully saturated rings. The van der Waals surface area contributed by atoms with E-state index in [9.17, 15) is 0 Å². The predicted molar refractivity (Wildman–Crippen MR) is 92.4 cm³/mol. The zero-order valence-electron chi connectivity index (χ0n) is 11.9. The number of halogens is 1. The number of hydrogen-bond acceptors (Lipinski definition) is 2. The average Bonchev–Trinajstić information content (AvgIpc) is 2.47. The lowest BCUT2D eigenvalue weighted by Gasteiger charge is -2.17. The van der Waals surface area contributed by atoms with Gasteiger partial charge in [0.1, 0.15) is 11.5 Å². The fourth-order valence-electron chi connectivity index (χ4n) is 2.18. The van der Waals surface area contributed by atoms with E-state index in [0.717, 1.165) is 24.5 Å². The molecule has 0 aliphatic carbocycles. The fraction of sp³-hybridized carbons (Fsp3) is 0.294. The molecule has 0 aliphatic heterocycles. The van der Waals surface area contributed by atoms with Gasteiger partial charge in [0, 0.05) is 9.61 Å². The zero-order valence-corrected chi connectivity index (χ0v) is 14.1. The maximum absolute atomic E-state index is 5.92. The molecular weight excluding hydrogens is 361 g/mol. The van der Waals surface area contributed by atoms with Crippen molar-refractivity contribution >= 4 is 22.6 Å². The Morgan fingerprint density at radius 1 is 1.05 bits per heavy atom. The highest BCUT2D eigenvalue weighted by molar-refractivity contribution is 14.1. The Balaban J connectivity index is 2.14. The molecule has 2 rings (SSSR count). The van der Waals surface area contributed by atoms with Gasteiger partial charge in [-0.05, 0) is 77.5 Å². The van der Waals surface area contributed by atoms with Gasteiger partial charge in [-0.3, -0.25) is 0 Å². The highest BCUT2D eigenvalue weighted by Gasteiger charge is 2.08. The second-order valence-electron chi connectivity index (χ2n) is 4.65. The molecule has 0 bridgehead atoms. The van der Waals surface area contributed by atoms with Gasteiger partial charge in [0.15, 0.2) is 0 Å². The fourth-order valence-corrected chi connectivity index (χ4v) is 2.54. The second-order valence-corrected chi connectivity index (χ2v) is 5.89. The monoisotopic (exact) mass is 381 g/mol. The lowest BCUT2D eigenvalue weighted by atomic mass is 10.0. The van der Waals surface area contributed by atoms with Gasteiger partial charge in [-0.2, -0.15) is 0 Å². The standard InChI is InChI=1S/C17H20INO/c1-3-17(19-4-2)13-6-5-7-16(12-13)20-15-10-8-14(18)9-11-15/h5-12,17,19H,3-4H2,1-2H3. The molecule has 0 radical (unpaired) electrons. The van der Waals surface area contributed by atoms with Crippen molar-refractivity contribution in [3.8, 4) is 11.5 Å². The van der Waals surface area contributed by atoms with Gasteiger partial charge < -0.3 is 10.1 Å². The first-order valence-electron chi connectivity index (χ1n) is 6.99. The molecule has 0 aliphatic rings. The van der Waals surface area contributed by atoms with Crippen molar-refractivity contribution in [2.24, 2.45) is 0 Å². The third-order valence-corrected chi connectivity index (χ3v) is 3.89. The smallest absolute Gasteiger partial charge is 0.127 e. The van der Waals surface area contributed by atoms with Gasteiger partial charge in [-0.25, -0.2) is 0 Å². The van der Waals surface area contributed by atoms with Crippen molar-refractivity contribution in [1.82, 2.24) is 5.32 Å². The third-order valence-electron chi connectivity index (χ3n) is 3.17. The minimum atomic E-state index is 0.389. The van der Waals surface area contributed by atoms with E-state index in [1.807, 2.05) is 30.3 Å². The van der Waals surface area contributed by atoms with Crippen LogP contribution in [0.25, 0.3) is 0 Å². The largest absolute Gasteiger partial charge is 0.457 e. The van der Waals surface area contributed by atoms with E-state index in [1.54, 1.807) is 0 Å². The van der Waals surface area contributed by atoms with Gasteiger partial charge in [0.2, 0.25) is 0 Å². The molecule has 0 amide bonds. The molecule has 0 saturated heterocycles. The molecule has 1 atom stereocenters. The molecule has 0 aromatic heterocycles. The summed E-state index contributed by atoms with van der Waals surface area (Å²) in [5, 5.41) is 3.49. The number of benzene rings is 2. The molecule has 2 aromatic rings. The lowest BCUT2D eigenvalue weighted by molar-refractivity contribution is 0.477. The topological polar surface area (TPSA) is 21.3 Å². The normalized spacial score (nSPS) is 12.2. The number of hydrogen-bond donors (Lipinski definition) is 1. The van der Waals surface area contributed by atoms with Crippen molar-refractivity contribution in [1.29, 1.82) is 0 Å². The van der Waals surface area contributed by atoms with E-state index in [4.69, 9.17) is 4.74 Å². The Bertz CT molecular complexity index is 539. The molecule has 20 heavy (non-hydrogen) atoms. The molecule has 0 spiro atoms. The van der Waals surface area contributed by atoms with Crippen LogP contribution < -0.4 is 10.1 Å². The minimum Gasteiger partial charge on any atom is -0.457 e. The van der Waals surface area contributed by atoms with Crippen LogP contribution in [0.4, 0.5) is 0 Å². The van der Waals surface area contributed by atoms with E-state index >= 15 is 0 Å². The summed E-state index contributed by atoms with van der Waals surface area (Å²) in [5.41, 5.74) is 1.28. The van der Waals surface area contributed by atoms with Crippen molar-refractivity contribution in [3.63, 3.8) is 0 Å². The van der Waals surface area contributed by atoms with Crippen LogP contribution in [0, 0.1) is 3.57 Å². The molecule has 106 valence electrons. The molecular formula is C17H20INO. The maximum Gasteiger partial charge on any atom is 0.127 e. The minimum absolute atomic E-state index is 0.389. The highest BCUT2D eigenvalue weighted by atomic mass is 127. The van der Waals surface area contributed by atoms with Crippen LogP contribution in [0.15, 0.2) is 48.5 Å². The Labute approximate surface area is 134 Å². The Kier molecular flexibility index (Phi) is 5.86. The van der Waals surface area contributed by atoms with Gasteiger partial charge in [0.05, 0.1) is 0 Å². The number of nitrogens with one attached hydrogen (secondary N) is 1. The first-order valence-corrected chi connectivity index (χ1v) is 8.07. The van der Waals surface area contributed by atoms with Crippen LogP contribution in [-0.2, 0) is 0 Å². The van der Waals surface area contributed by atoms with E-state index in [-0.39, 0.29) is 0 Å². The quantitative estimate of drug-likeness (QED) is 0.700. The summed E-state index contributed by atoms with van der Waals surface area (Å²) in [6.07, 6.45) is 1.07. The van der Waals surface area contributed by atoms with E-state index in [0.29, 0.717) is 6.04 Å². The van der Waals surface area contributed by atoms with Gasteiger partial charge in [-0.1, -0.05) is 26.0 Å². The number of ether oxygens (including phenoxy) is 1. The Morgan fingerprint density at radius 2 is 1.80 bits per heavy atom. The number of rotatable bonds is 6. The van der Waals surface area contributed by atoms with Crippen LogP contribution in [0.2, 0.25) is 0 Å². The molecule has 0 saturated carbocycles. The van der Waals surface area contributed by atoms with Crippen LogP contribution in [0.5, 0.6) is 11.5 Å². The first-order chi connectivity index (χ1) is 9.72. The van der Waals surface area contributed by atoms with Crippen LogP contribution in [-0.4, -0.2) is 6.54 Å². The van der Waals surface area contributed by atoms with Crippen LogP contribution in [0.1, 0.15) is 31.9 Å². The summed E-state index contributed by atoms with van der Waals surface area (Å²) < 4.78 is 7.13. The summed E-state index contributed by atoms with van der Waals surface area (Å²) in [6, 6.07) is 16.8. The van der Waals surface area contributed by atoms with Crippen LogP contribution in [0.3, 0.4) is 0 Å². The third kappa shape index (κ3) is 4.21. The highest BCUT2D eigenvalue weighted by Crippen LogP contribution is 2.26. The van der Waals surface area contributed by atoms with E-state index in [2.05, 4.69) is 60.0 Å².